The molecule has 0 saturated carbocycles. The van der Waals surface area contributed by atoms with E-state index in [0.717, 1.165) is 0 Å². The van der Waals surface area contributed by atoms with Gasteiger partial charge in [0.25, 0.3) is 0 Å². The van der Waals surface area contributed by atoms with Gasteiger partial charge < -0.3 is 18.8 Å². The first kappa shape index (κ1) is 21.7. The monoisotopic (exact) mass is 395 g/mol. The fourth-order valence-corrected chi connectivity index (χ4v) is 4.42. The number of carbonyl (C=O) groups is 1. The maximum atomic E-state index is 12.6. The molecule has 1 saturated heterocycles. The molecule has 152 valence electrons. The van der Waals surface area contributed by atoms with Crippen molar-refractivity contribution in [3.8, 4) is 0 Å². The van der Waals surface area contributed by atoms with Gasteiger partial charge in [0.1, 0.15) is 18.5 Å². The second kappa shape index (κ2) is 8.16. The van der Waals surface area contributed by atoms with Crippen molar-refractivity contribution in [1.82, 2.24) is 14.5 Å². The van der Waals surface area contributed by atoms with Crippen LogP contribution in [0.15, 0.2) is 25.0 Å². The van der Waals surface area contributed by atoms with Crippen molar-refractivity contribution in [2.24, 2.45) is 7.05 Å². The fraction of sp³-hybridized carbons (Fsp3) is 0.684. The first-order chi connectivity index (χ1) is 12.5. The summed E-state index contributed by atoms with van der Waals surface area (Å²) >= 11 is 0. The minimum Gasteiger partial charge on any atom is -0.445 e. The van der Waals surface area contributed by atoms with E-state index >= 15 is 0 Å². The Bertz CT molecular complexity index is 668. The summed E-state index contributed by atoms with van der Waals surface area (Å²) in [5.41, 5.74) is 0. The van der Waals surface area contributed by atoms with Crippen LogP contribution in [0.2, 0.25) is 18.1 Å². The van der Waals surface area contributed by atoms with E-state index in [0.29, 0.717) is 18.8 Å². The number of imidazole rings is 1. The lowest BCUT2D eigenvalue weighted by Gasteiger charge is -2.38. The molecule has 1 aliphatic rings. The van der Waals surface area contributed by atoms with Crippen molar-refractivity contribution in [3.05, 3.63) is 30.9 Å². The summed E-state index contributed by atoms with van der Waals surface area (Å²) in [4.78, 5) is 18.4. The van der Waals surface area contributed by atoms with Crippen LogP contribution in [0.4, 0.5) is 4.79 Å². The second-order valence-electron chi connectivity index (χ2n) is 8.66. The third-order valence-electron chi connectivity index (χ3n) is 5.62. The Morgan fingerprint density at radius 1 is 1.52 bits per heavy atom. The SMILES string of the molecule is C=CCOC(=O)N1C[C@H](O[Si](C)(C)C(C)(C)C)C[C@H]1C(O)c1nccn1C. The van der Waals surface area contributed by atoms with E-state index in [9.17, 15) is 9.90 Å². The van der Waals surface area contributed by atoms with E-state index in [1.807, 2.05) is 7.05 Å². The molecule has 0 aromatic carbocycles. The average molecular weight is 396 g/mol. The summed E-state index contributed by atoms with van der Waals surface area (Å²) in [5.74, 6) is 0.523. The number of ether oxygens (including phenoxy) is 1. The lowest BCUT2D eigenvalue weighted by molar-refractivity contribution is 0.0497. The number of aryl methyl sites for hydroxylation is 1. The number of aliphatic hydroxyl groups excluding tert-OH is 1. The zero-order chi connectivity index (χ0) is 20.4. The van der Waals surface area contributed by atoms with Gasteiger partial charge >= 0.3 is 6.09 Å². The van der Waals surface area contributed by atoms with Gasteiger partial charge in [-0.3, -0.25) is 4.90 Å². The molecule has 0 spiro atoms. The van der Waals surface area contributed by atoms with Crippen LogP contribution in [0, 0.1) is 0 Å². The number of rotatable bonds is 6. The number of aromatic nitrogens is 2. The highest BCUT2D eigenvalue weighted by Crippen LogP contribution is 2.40. The number of aliphatic hydroxyl groups is 1. The minimum absolute atomic E-state index is 0.0670. The molecule has 2 rings (SSSR count). The minimum atomic E-state index is -2.00. The number of nitrogens with zero attached hydrogens (tertiary/aromatic N) is 3. The van der Waals surface area contributed by atoms with Gasteiger partial charge in [-0.15, -0.1) is 0 Å². The largest absolute Gasteiger partial charge is 0.445 e. The molecule has 27 heavy (non-hydrogen) atoms. The van der Waals surface area contributed by atoms with Gasteiger partial charge in [0.05, 0.1) is 12.1 Å². The molecule has 1 aromatic heterocycles. The smallest absolute Gasteiger partial charge is 0.410 e. The van der Waals surface area contributed by atoms with E-state index in [-0.39, 0.29) is 17.7 Å². The lowest BCUT2D eigenvalue weighted by Crippen LogP contribution is -2.45. The molecular formula is C19H33N3O4Si. The second-order valence-corrected chi connectivity index (χ2v) is 13.4. The molecule has 2 heterocycles. The predicted molar refractivity (Wildman–Crippen MR) is 107 cm³/mol. The van der Waals surface area contributed by atoms with Crippen molar-refractivity contribution in [1.29, 1.82) is 0 Å². The van der Waals surface area contributed by atoms with Crippen LogP contribution >= 0.6 is 0 Å². The zero-order valence-electron chi connectivity index (χ0n) is 17.3. The highest BCUT2D eigenvalue weighted by atomic mass is 28.4. The molecule has 8 heteroatoms. The summed E-state index contributed by atoms with van der Waals surface area (Å²) in [6.45, 7) is 15.0. The average Bonchev–Trinajstić information content (AvgIpc) is 3.17. The van der Waals surface area contributed by atoms with E-state index in [1.54, 1.807) is 21.9 Å². The predicted octanol–water partition coefficient (Wildman–Crippen LogP) is 3.24. The first-order valence-electron chi connectivity index (χ1n) is 9.35. The number of hydrogen-bond acceptors (Lipinski definition) is 5. The molecule has 0 radical (unpaired) electrons. The lowest BCUT2D eigenvalue weighted by atomic mass is 10.1. The number of hydrogen-bond donors (Lipinski definition) is 1. The molecule has 1 unspecified atom stereocenters. The highest BCUT2D eigenvalue weighted by Gasteiger charge is 2.46. The van der Waals surface area contributed by atoms with Gasteiger partial charge in [-0.1, -0.05) is 33.4 Å². The quantitative estimate of drug-likeness (QED) is 0.591. The van der Waals surface area contributed by atoms with Crippen molar-refractivity contribution in [2.45, 2.75) is 63.6 Å². The molecule has 1 aliphatic heterocycles. The number of amides is 1. The van der Waals surface area contributed by atoms with Gasteiger partial charge in [-0.2, -0.15) is 0 Å². The van der Waals surface area contributed by atoms with Crippen LogP contribution in [0.25, 0.3) is 0 Å². The molecule has 0 aliphatic carbocycles. The van der Waals surface area contributed by atoms with Crippen LogP contribution in [0.1, 0.15) is 39.1 Å². The Labute approximate surface area is 163 Å². The van der Waals surface area contributed by atoms with Gasteiger partial charge in [0.2, 0.25) is 0 Å². The summed E-state index contributed by atoms with van der Waals surface area (Å²) in [6.07, 6.45) is 3.98. The Morgan fingerprint density at radius 3 is 2.70 bits per heavy atom. The summed E-state index contributed by atoms with van der Waals surface area (Å²) in [5, 5.41) is 11.0. The van der Waals surface area contributed by atoms with E-state index in [1.165, 1.54) is 6.08 Å². The fourth-order valence-electron chi connectivity index (χ4n) is 3.06. The summed E-state index contributed by atoms with van der Waals surface area (Å²) < 4.78 is 13.5. The van der Waals surface area contributed by atoms with Crippen LogP contribution in [0.5, 0.6) is 0 Å². The van der Waals surface area contributed by atoms with E-state index in [2.05, 4.69) is 45.4 Å². The molecule has 3 atom stereocenters. The van der Waals surface area contributed by atoms with E-state index in [4.69, 9.17) is 9.16 Å². The van der Waals surface area contributed by atoms with Crippen LogP contribution in [-0.4, -0.2) is 59.3 Å². The Morgan fingerprint density at radius 2 is 2.19 bits per heavy atom. The Balaban J connectivity index is 2.22. The van der Waals surface area contributed by atoms with Crippen LogP contribution in [0.3, 0.4) is 0 Å². The highest BCUT2D eigenvalue weighted by molar-refractivity contribution is 6.74. The number of likely N-dealkylation sites (tertiary alicyclic amines) is 1. The number of carbonyl (C=O) groups excluding carboxylic acids is 1. The summed E-state index contributed by atoms with van der Waals surface area (Å²) in [7, 11) is -0.175. The van der Waals surface area contributed by atoms with Crippen molar-refractivity contribution in [3.63, 3.8) is 0 Å². The van der Waals surface area contributed by atoms with Gasteiger partial charge in [0, 0.05) is 26.0 Å². The molecule has 0 bridgehead atoms. The molecule has 1 N–H and O–H groups in total. The molecular weight excluding hydrogens is 362 g/mol. The maximum absolute atomic E-state index is 12.6. The zero-order valence-corrected chi connectivity index (χ0v) is 18.3. The first-order valence-corrected chi connectivity index (χ1v) is 12.3. The van der Waals surface area contributed by atoms with Crippen molar-refractivity contribution >= 4 is 14.4 Å². The third-order valence-corrected chi connectivity index (χ3v) is 10.2. The van der Waals surface area contributed by atoms with Crippen LogP contribution < -0.4 is 0 Å². The molecule has 1 fully saturated rings. The van der Waals surface area contributed by atoms with Gasteiger partial charge in [-0.25, -0.2) is 9.78 Å². The topological polar surface area (TPSA) is 76.8 Å². The normalized spacial score (nSPS) is 22.0. The Kier molecular flexibility index (Phi) is 6.54. The van der Waals surface area contributed by atoms with Crippen LogP contribution in [-0.2, 0) is 16.2 Å². The summed E-state index contributed by atoms with van der Waals surface area (Å²) in [6, 6.07) is -0.446. The third kappa shape index (κ3) is 4.80. The molecule has 1 amide bonds. The van der Waals surface area contributed by atoms with Crippen molar-refractivity contribution in [2.75, 3.05) is 13.2 Å². The Hall–Kier alpha value is -1.64. The molecule has 7 nitrogen and oxygen atoms in total. The maximum Gasteiger partial charge on any atom is 0.410 e. The van der Waals surface area contributed by atoms with Gasteiger partial charge in [-0.05, 0) is 24.6 Å². The van der Waals surface area contributed by atoms with Crippen molar-refractivity contribution < 1.29 is 19.1 Å². The van der Waals surface area contributed by atoms with Gasteiger partial charge in [0.15, 0.2) is 8.32 Å². The standard InChI is InChI=1S/C19H33N3O4Si/c1-8-11-25-18(24)22-13-14(26-27(6,7)19(2,3)4)12-15(22)16(23)17-20-9-10-21(17)5/h8-10,14-16,23H,1,11-13H2,2-7H3/t14-,15+,16?/m1/s1. The molecule has 1 aromatic rings. The van der Waals surface area contributed by atoms with E-state index < -0.39 is 26.6 Å².